The Labute approximate surface area is 189 Å². The highest BCUT2D eigenvalue weighted by Crippen LogP contribution is 2.43. The van der Waals surface area contributed by atoms with E-state index < -0.39 is 9.84 Å². The van der Waals surface area contributed by atoms with E-state index >= 15 is 0 Å². The number of nitrogens with zero attached hydrogens (tertiary/aromatic N) is 4. The van der Waals surface area contributed by atoms with Gasteiger partial charge in [-0.15, -0.1) is 0 Å². The zero-order chi connectivity index (χ0) is 23.5. The number of aryl methyl sites for hydroxylation is 1. The number of fused-ring (bicyclic) bond motifs is 1. The van der Waals surface area contributed by atoms with Crippen LogP contribution in [0.2, 0.25) is 0 Å². The maximum absolute atomic E-state index is 12.5. The van der Waals surface area contributed by atoms with Crippen molar-refractivity contribution in [1.29, 1.82) is 0 Å². The molecular formula is C22H32N4O5S. The van der Waals surface area contributed by atoms with Crippen LogP contribution in [0, 0.1) is 0 Å². The Hall–Kier alpha value is -2.59. The van der Waals surface area contributed by atoms with Crippen molar-refractivity contribution in [2.75, 3.05) is 51.3 Å². The molecule has 1 aromatic carbocycles. The minimum atomic E-state index is -3.08. The average molecular weight is 465 g/mol. The Morgan fingerprint density at radius 3 is 2.72 bits per heavy atom. The predicted molar refractivity (Wildman–Crippen MR) is 124 cm³/mol. The fourth-order valence-electron chi connectivity index (χ4n) is 3.79. The quantitative estimate of drug-likeness (QED) is 0.592. The van der Waals surface area contributed by atoms with Crippen LogP contribution >= 0.6 is 0 Å². The summed E-state index contributed by atoms with van der Waals surface area (Å²) >= 11 is 0. The minimum absolute atomic E-state index is 0.0224. The molecule has 0 fully saturated rings. The summed E-state index contributed by atoms with van der Waals surface area (Å²) in [7, 11) is 2.27. The molecule has 0 saturated carbocycles. The number of hydrogen-bond donors (Lipinski definition) is 0. The molecule has 1 aliphatic rings. The molecule has 0 saturated heterocycles. The molecule has 32 heavy (non-hydrogen) atoms. The molecule has 10 heteroatoms. The van der Waals surface area contributed by atoms with Crippen molar-refractivity contribution >= 4 is 21.6 Å². The van der Waals surface area contributed by atoms with Crippen molar-refractivity contribution in [3.8, 4) is 16.9 Å². The number of sulfone groups is 1. The van der Waals surface area contributed by atoms with Gasteiger partial charge >= 0.3 is 6.09 Å². The molecule has 9 nitrogen and oxygen atoms in total. The summed E-state index contributed by atoms with van der Waals surface area (Å²) < 4.78 is 35.9. The third-order valence-electron chi connectivity index (χ3n) is 5.54. The monoisotopic (exact) mass is 464 g/mol. The molecule has 0 radical (unpaired) electrons. The van der Waals surface area contributed by atoms with Crippen LogP contribution < -0.4 is 9.64 Å². The van der Waals surface area contributed by atoms with Gasteiger partial charge in [0, 0.05) is 41.7 Å². The summed E-state index contributed by atoms with van der Waals surface area (Å²) in [5.41, 5.74) is 3.47. The molecule has 0 unspecified atom stereocenters. The number of benzene rings is 1. The van der Waals surface area contributed by atoms with Crippen LogP contribution in [0.4, 0.5) is 10.5 Å². The molecule has 1 amide bonds. The lowest BCUT2D eigenvalue weighted by Gasteiger charge is -2.35. The van der Waals surface area contributed by atoms with E-state index in [9.17, 15) is 13.2 Å². The van der Waals surface area contributed by atoms with Crippen LogP contribution in [0.15, 0.2) is 24.5 Å². The summed E-state index contributed by atoms with van der Waals surface area (Å²) in [5.74, 6) is 0.754. The summed E-state index contributed by atoms with van der Waals surface area (Å²) in [6.07, 6.45) is 5.94. The first-order valence-electron chi connectivity index (χ1n) is 10.6. The molecule has 1 atom stereocenters. The molecule has 0 spiro atoms. The molecule has 0 aliphatic carbocycles. The van der Waals surface area contributed by atoms with Gasteiger partial charge in [-0.05, 0) is 46.0 Å². The largest absolute Gasteiger partial charge is 0.491 e. The van der Waals surface area contributed by atoms with Crippen LogP contribution in [0.25, 0.3) is 11.1 Å². The van der Waals surface area contributed by atoms with E-state index in [1.807, 2.05) is 44.2 Å². The highest BCUT2D eigenvalue weighted by Gasteiger charge is 2.32. The Morgan fingerprint density at radius 1 is 1.31 bits per heavy atom. The maximum atomic E-state index is 12.5. The molecule has 1 aliphatic heterocycles. The lowest BCUT2D eigenvalue weighted by molar-refractivity contribution is 0.175. The number of carbonyl (C=O) groups is 1. The lowest BCUT2D eigenvalue weighted by Crippen LogP contribution is -2.42. The summed E-state index contributed by atoms with van der Waals surface area (Å²) in [6.45, 7) is 3.53. The number of carbonyl (C=O) groups excluding carboxylic acids is 1. The van der Waals surface area contributed by atoms with Gasteiger partial charge in [-0.25, -0.2) is 13.2 Å². The van der Waals surface area contributed by atoms with Gasteiger partial charge in [-0.2, -0.15) is 5.10 Å². The van der Waals surface area contributed by atoms with Gasteiger partial charge in [0.1, 0.15) is 22.2 Å². The second-order valence-electron chi connectivity index (χ2n) is 8.44. The number of amides is 1. The van der Waals surface area contributed by atoms with E-state index in [1.165, 1.54) is 13.4 Å². The average Bonchev–Trinajstić information content (AvgIpc) is 3.19. The third kappa shape index (κ3) is 5.60. The minimum Gasteiger partial charge on any atom is -0.491 e. The topological polar surface area (TPSA) is 94.0 Å². The van der Waals surface area contributed by atoms with E-state index in [2.05, 4.69) is 5.10 Å². The van der Waals surface area contributed by atoms with Crippen LogP contribution in [0.3, 0.4) is 0 Å². The highest BCUT2D eigenvalue weighted by molar-refractivity contribution is 7.90. The first kappa shape index (κ1) is 24.1. The Balaban J connectivity index is 2.01. The summed E-state index contributed by atoms with van der Waals surface area (Å²) in [4.78, 5) is 16.2. The first-order chi connectivity index (χ1) is 15.1. The van der Waals surface area contributed by atoms with E-state index in [4.69, 9.17) is 9.47 Å². The van der Waals surface area contributed by atoms with Crippen molar-refractivity contribution in [3.05, 3.63) is 30.1 Å². The second kappa shape index (κ2) is 9.91. The standard InChI is InChI=1S/C22H32N4O5S/c1-16-6-7-19-20(26(16)22(27)30-4)9-8-18(21(19)31-12-10-24(2)3)17-14-23-25(15-17)11-13-32(5,28)29/h8-9,14-16H,6-7,10-13H2,1-5H3/t16-/m0/s1. The number of rotatable bonds is 8. The van der Waals surface area contributed by atoms with Crippen LogP contribution in [-0.2, 0) is 27.5 Å². The normalized spacial score (nSPS) is 16.2. The lowest BCUT2D eigenvalue weighted by atomic mass is 9.92. The molecule has 1 aromatic heterocycles. The highest BCUT2D eigenvalue weighted by atomic mass is 32.2. The molecule has 176 valence electrons. The molecule has 0 N–H and O–H groups in total. The van der Waals surface area contributed by atoms with Gasteiger partial charge in [0.25, 0.3) is 0 Å². The Kier molecular flexibility index (Phi) is 7.45. The number of likely N-dealkylation sites (N-methyl/N-ethyl adjacent to an activating group) is 1. The maximum Gasteiger partial charge on any atom is 0.414 e. The zero-order valence-corrected chi connectivity index (χ0v) is 20.2. The predicted octanol–water partition coefficient (Wildman–Crippen LogP) is 2.44. The molecule has 2 heterocycles. The van der Waals surface area contributed by atoms with Gasteiger partial charge in [-0.3, -0.25) is 9.58 Å². The van der Waals surface area contributed by atoms with Crippen molar-refractivity contribution in [2.45, 2.75) is 32.4 Å². The molecule has 0 bridgehead atoms. The Bertz CT molecular complexity index is 1060. The summed E-state index contributed by atoms with van der Waals surface area (Å²) in [5, 5.41) is 4.33. The number of methoxy groups -OCH3 is 1. The first-order valence-corrected chi connectivity index (χ1v) is 12.7. The fraction of sp³-hybridized carbons (Fsp3) is 0.545. The molecule has 3 rings (SSSR count). The number of ether oxygens (including phenoxy) is 2. The van der Waals surface area contributed by atoms with Crippen molar-refractivity contribution < 1.29 is 22.7 Å². The smallest absolute Gasteiger partial charge is 0.414 e. The van der Waals surface area contributed by atoms with Crippen molar-refractivity contribution in [2.24, 2.45) is 0 Å². The van der Waals surface area contributed by atoms with Crippen LogP contribution in [-0.4, -0.2) is 81.6 Å². The third-order valence-corrected chi connectivity index (χ3v) is 6.46. The van der Waals surface area contributed by atoms with Crippen LogP contribution in [0.1, 0.15) is 18.9 Å². The fourth-order valence-corrected chi connectivity index (χ4v) is 4.31. The SMILES string of the molecule is COC(=O)N1c2ccc(-c3cnn(CCS(C)(=O)=O)c3)c(OCCN(C)C)c2CC[C@@H]1C. The molecule has 2 aromatic rings. The number of hydrogen-bond acceptors (Lipinski definition) is 7. The van der Waals surface area contributed by atoms with E-state index in [0.717, 1.165) is 47.5 Å². The molecular weight excluding hydrogens is 432 g/mol. The number of aromatic nitrogens is 2. The zero-order valence-electron chi connectivity index (χ0n) is 19.4. The van der Waals surface area contributed by atoms with Crippen molar-refractivity contribution in [1.82, 2.24) is 14.7 Å². The van der Waals surface area contributed by atoms with Crippen LogP contribution in [0.5, 0.6) is 5.75 Å². The van der Waals surface area contributed by atoms with E-state index in [1.54, 1.807) is 15.8 Å². The summed E-state index contributed by atoms with van der Waals surface area (Å²) in [6, 6.07) is 3.87. The van der Waals surface area contributed by atoms with Crippen molar-refractivity contribution in [3.63, 3.8) is 0 Å². The van der Waals surface area contributed by atoms with Gasteiger partial charge in [0.15, 0.2) is 0 Å². The van der Waals surface area contributed by atoms with E-state index in [0.29, 0.717) is 6.61 Å². The van der Waals surface area contributed by atoms with Gasteiger partial charge in [-0.1, -0.05) is 0 Å². The second-order valence-corrected chi connectivity index (χ2v) is 10.7. The van der Waals surface area contributed by atoms with Gasteiger partial charge in [0.2, 0.25) is 0 Å². The van der Waals surface area contributed by atoms with Gasteiger partial charge in [0.05, 0.1) is 31.3 Å². The Morgan fingerprint density at radius 2 is 2.06 bits per heavy atom. The van der Waals surface area contributed by atoms with E-state index in [-0.39, 0.29) is 24.4 Å². The van der Waals surface area contributed by atoms with Gasteiger partial charge < -0.3 is 14.4 Å². The number of anilines is 1.